The van der Waals surface area contributed by atoms with Gasteiger partial charge in [0.15, 0.2) is 4.90 Å². The van der Waals surface area contributed by atoms with Gasteiger partial charge in [0.1, 0.15) is 12.0 Å². The van der Waals surface area contributed by atoms with E-state index >= 15 is 0 Å². The van der Waals surface area contributed by atoms with Gasteiger partial charge in [-0.3, -0.25) is 10.1 Å². The predicted octanol–water partition coefficient (Wildman–Crippen LogP) is 1.58. The first-order valence-corrected chi connectivity index (χ1v) is 6.43. The fourth-order valence-electron chi connectivity index (χ4n) is 1.20. The lowest BCUT2D eigenvalue weighted by atomic mass is 10.3. The summed E-state index contributed by atoms with van der Waals surface area (Å²) < 4.78 is 0. The molecule has 0 aromatic heterocycles. The van der Waals surface area contributed by atoms with E-state index in [0.717, 1.165) is 17.1 Å². The van der Waals surface area contributed by atoms with Gasteiger partial charge in [-0.15, -0.1) is 0 Å². The quantitative estimate of drug-likeness (QED) is 0.473. The van der Waals surface area contributed by atoms with Gasteiger partial charge in [-0.2, -0.15) is 0 Å². The van der Waals surface area contributed by atoms with Gasteiger partial charge in [0.2, 0.25) is 0 Å². The molecule has 0 fully saturated rings. The van der Waals surface area contributed by atoms with E-state index in [1.807, 2.05) is 0 Å². The minimum atomic E-state index is -0.398. The summed E-state index contributed by atoms with van der Waals surface area (Å²) in [6.07, 6.45) is 2.85. The predicted molar refractivity (Wildman–Crippen MR) is 61.2 cm³/mol. The van der Waals surface area contributed by atoms with Gasteiger partial charge in [0, 0.05) is 36.1 Å². The zero-order valence-electron chi connectivity index (χ0n) is 8.55. The summed E-state index contributed by atoms with van der Waals surface area (Å²) in [7, 11) is 0.0626. The molecule has 1 aromatic rings. The topological polar surface area (TPSA) is 63.4 Å². The molecule has 0 aliphatic carbocycles. The lowest BCUT2D eigenvalue weighted by molar-refractivity contribution is -0.384. The van der Waals surface area contributed by atoms with Crippen molar-refractivity contribution < 1.29 is 10.0 Å². The Balaban J connectivity index is 2.66. The Hall–Kier alpha value is -1.07. The Bertz CT molecular complexity index is 326. The van der Waals surface area contributed by atoms with Crippen molar-refractivity contribution >= 4 is 16.6 Å². The fourth-order valence-corrected chi connectivity index (χ4v) is 2.60. The lowest BCUT2D eigenvalue weighted by Crippen LogP contribution is -2.07. The molecule has 5 heteroatoms. The van der Waals surface area contributed by atoms with Crippen LogP contribution in [0.15, 0.2) is 29.2 Å². The molecule has 0 saturated carbocycles. The largest absolute Gasteiger partial charge is 0.396 e. The van der Waals surface area contributed by atoms with Crippen LogP contribution in [0, 0.1) is 10.1 Å². The molecule has 0 aliphatic heterocycles. The molecular formula is C10H14NO3S+. The smallest absolute Gasteiger partial charge is 0.269 e. The van der Waals surface area contributed by atoms with E-state index in [2.05, 4.69) is 6.26 Å². The standard InChI is InChI=1S/C10H14NO3S/c1-15(8-2-7-12)10-5-3-9(4-6-10)11(13)14/h3-6,12H,2,7-8H2,1H3/q+1. The Morgan fingerprint density at radius 3 is 2.47 bits per heavy atom. The molecule has 4 nitrogen and oxygen atoms in total. The zero-order chi connectivity index (χ0) is 11.3. The monoisotopic (exact) mass is 228 g/mol. The van der Waals surface area contributed by atoms with Gasteiger partial charge in [0.25, 0.3) is 5.69 Å². The van der Waals surface area contributed by atoms with Gasteiger partial charge >= 0.3 is 0 Å². The SMILES string of the molecule is C[S+](CCCO)c1ccc([N+](=O)[O-])cc1. The molecular weight excluding hydrogens is 214 g/mol. The minimum Gasteiger partial charge on any atom is -0.396 e. The first-order valence-electron chi connectivity index (χ1n) is 4.63. The molecule has 0 heterocycles. The summed E-state index contributed by atoms with van der Waals surface area (Å²) in [4.78, 5) is 11.1. The van der Waals surface area contributed by atoms with Crippen molar-refractivity contribution in [3.63, 3.8) is 0 Å². The molecule has 0 spiro atoms. The van der Waals surface area contributed by atoms with Gasteiger partial charge < -0.3 is 5.11 Å². The highest BCUT2D eigenvalue weighted by molar-refractivity contribution is 7.96. The second-order valence-electron chi connectivity index (χ2n) is 3.17. The molecule has 1 atom stereocenters. The second kappa shape index (κ2) is 5.72. The molecule has 0 amide bonds. The number of rotatable bonds is 5. The maximum atomic E-state index is 10.4. The summed E-state index contributed by atoms with van der Waals surface area (Å²) in [5, 5.41) is 19.1. The van der Waals surface area contributed by atoms with E-state index in [1.165, 1.54) is 12.1 Å². The highest BCUT2D eigenvalue weighted by atomic mass is 32.2. The van der Waals surface area contributed by atoms with Crippen LogP contribution in [-0.4, -0.2) is 28.6 Å². The van der Waals surface area contributed by atoms with Crippen LogP contribution in [0.2, 0.25) is 0 Å². The van der Waals surface area contributed by atoms with Gasteiger partial charge in [-0.05, 0) is 12.1 Å². The van der Waals surface area contributed by atoms with Crippen LogP contribution in [-0.2, 0) is 10.9 Å². The molecule has 15 heavy (non-hydrogen) atoms. The number of non-ortho nitro benzene ring substituents is 1. The van der Waals surface area contributed by atoms with Crippen LogP contribution in [0.25, 0.3) is 0 Å². The number of nitro benzene ring substituents is 1. The fraction of sp³-hybridized carbons (Fsp3) is 0.400. The van der Waals surface area contributed by atoms with E-state index in [9.17, 15) is 10.1 Å². The third-order valence-corrected chi connectivity index (χ3v) is 4.04. The zero-order valence-corrected chi connectivity index (χ0v) is 9.37. The van der Waals surface area contributed by atoms with Crippen LogP contribution in [0.1, 0.15) is 6.42 Å². The van der Waals surface area contributed by atoms with Crippen molar-refractivity contribution in [2.45, 2.75) is 11.3 Å². The highest BCUT2D eigenvalue weighted by Gasteiger charge is 2.16. The molecule has 0 bridgehead atoms. The number of aliphatic hydroxyl groups excluding tert-OH is 1. The van der Waals surface area contributed by atoms with Crippen LogP contribution in [0.5, 0.6) is 0 Å². The van der Waals surface area contributed by atoms with Crippen molar-refractivity contribution in [1.82, 2.24) is 0 Å². The third-order valence-electron chi connectivity index (χ3n) is 2.06. The average Bonchev–Trinajstić information content (AvgIpc) is 2.26. The highest BCUT2D eigenvalue weighted by Crippen LogP contribution is 2.17. The summed E-state index contributed by atoms with van der Waals surface area (Å²) in [6.45, 7) is 0.199. The van der Waals surface area contributed by atoms with E-state index in [-0.39, 0.29) is 23.2 Å². The van der Waals surface area contributed by atoms with Gasteiger partial charge in [-0.1, -0.05) is 0 Å². The molecule has 1 N–H and O–H groups in total. The Kier molecular flexibility index (Phi) is 4.58. The molecule has 1 rings (SSSR count). The Labute approximate surface area is 91.4 Å². The van der Waals surface area contributed by atoms with Gasteiger partial charge in [-0.25, -0.2) is 0 Å². The molecule has 0 radical (unpaired) electrons. The Morgan fingerprint density at radius 1 is 1.40 bits per heavy atom. The first kappa shape index (κ1) is 12.0. The number of hydrogen-bond acceptors (Lipinski definition) is 3. The molecule has 0 aliphatic rings. The Morgan fingerprint density at radius 2 is 2.00 bits per heavy atom. The van der Waals surface area contributed by atoms with Crippen LogP contribution >= 0.6 is 0 Å². The van der Waals surface area contributed by atoms with Crippen molar-refractivity contribution in [1.29, 1.82) is 0 Å². The van der Waals surface area contributed by atoms with E-state index < -0.39 is 4.92 Å². The number of nitrogens with zero attached hydrogens (tertiary/aromatic N) is 1. The van der Waals surface area contributed by atoms with Crippen LogP contribution in [0.3, 0.4) is 0 Å². The summed E-state index contributed by atoms with van der Waals surface area (Å²) in [6, 6.07) is 6.63. The maximum absolute atomic E-state index is 10.4. The van der Waals surface area contributed by atoms with Gasteiger partial charge in [0.05, 0.1) is 4.92 Å². The normalized spacial score (nSPS) is 12.4. The van der Waals surface area contributed by atoms with Crippen LogP contribution in [0.4, 0.5) is 5.69 Å². The molecule has 1 unspecified atom stereocenters. The van der Waals surface area contributed by atoms with E-state index in [0.29, 0.717) is 0 Å². The van der Waals surface area contributed by atoms with Crippen molar-refractivity contribution in [3.8, 4) is 0 Å². The number of aliphatic hydroxyl groups is 1. The average molecular weight is 228 g/mol. The summed E-state index contributed by atoms with van der Waals surface area (Å²) in [5.41, 5.74) is 0.123. The molecule has 82 valence electrons. The maximum Gasteiger partial charge on any atom is 0.269 e. The number of hydrogen-bond donors (Lipinski definition) is 1. The first-order chi connectivity index (χ1) is 7.15. The molecule has 0 saturated heterocycles. The third kappa shape index (κ3) is 3.53. The minimum absolute atomic E-state index is 0.0626. The number of nitro groups is 1. The van der Waals surface area contributed by atoms with E-state index in [1.54, 1.807) is 12.1 Å². The van der Waals surface area contributed by atoms with Crippen LogP contribution < -0.4 is 0 Å². The van der Waals surface area contributed by atoms with E-state index in [4.69, 9.17) is 5.11 Å². The second-order valence-corrected chi connectivity index (χ2v) is 5.32. The van der Waals surface area contributed by atoms with Crippen molar-refractivity contribution in [2.75, 3.05) is 18.6 Å². The van der Waals surface area contributed by atoms with Crippen molar-refractivity contribution in [3.05, 3.63) is 34.4 Å². The number of benzene rings is 1. The summed E-state index contributed by atoms with van der Waals surface area (Å²) in [5.74, 6) is 0.925. The summed E-state index contributed by atoms with van der Waals surface area (Å²) >= 11 is 0. The molecule has 1 aromatic carbocycles. The lowest BCUT2D eigenvalue weighted by Gasteiger charge is -2.01. The van der Waals surface area contributed by atoms with Crippen molar-refractivity contribution in [2.24, 2.45) is 0 Å².